The van der Waals surface area contributed by atoms with Crippen LogP contribution in [0.5, 0.6) is 0 Å². The van der Waals surface area contributed by atoms with E-state index < -0.39 is 0 Å². The third-order valence-corrected chi connectivity index (χ3v) is 2.79. The van der Waals surface area contributed by atoms with E-state index in [-0.39, 0.29) is 11.7 Å². The Labute approximate surface area is 86.9 Å². The molecular formula is C11H9ClO2. The van der Waals surface area contributed by atoms with Crippen molar-refractivity contribution in [3.8, 4) is 0 Å². The number of halogens is 1. The van der Waals surface area contributed by atoms with Crippen molar-refractivity contribution < 1.29 is 9.59 Å². The van der Waals surface area contributed by atoms with E-state index in [1.807, 2.05) is 6.07 Å². The van der Waals surface area contributed by atoms with E-state index in [2.05, 4.69) is 0 Å². The van der Waals surface area contributed by atoms with E-state index in [4.69, 9.17) is 11.6 Å². The average molecular weight is 209 g/mol. The van der Waals surface area contributed by atoms with Crippen LogP contribution in [0, 0.1) is 5.92 Å². The number of benzene rings is 1. The molecule has 14 heavy (non-hydrogen) atoms. The van der Waals surface area contributed by atoms with Gasteiger partial charge in [-0.05, 0) is 24.1 Å². The Morgan fingerprint density at radius 3 is 3.00 bits per heavy atom. The first-order valence-electron chi connectivity index (χ1n) is 4.48. The van der Waals surface area contributed by atoms with E-state index in [0.717, 1.165) is 11.8 Å². The molecule has 1 aliphatic rings. The van der Waals surface area contributed by atoms with Gasteiger partial charge in [0.15, 0.2) is 5.78 Å². The minimum absolute atomic E-state index is 0.0506. The Morgan fingerprint density at radius 2 is 2.29 bits per heavy atom. The summed E-state index contributed by atoms with van der Waals surface area (Å²) in [5.41, 5.74) is 1.69. The summed E-state index contributed by atoms with van der Waals surface area (Å²) in [5, 5.41) is 0.573. The summed E-state index contributed by atoms with van der Waals surface area (Å²) in [6.07, 6.45) is 1.78. The maximum absolute atomic E-state index is 11.7. The zero-order valence-electron chi connectivity index (χ0n) is 7.50. The second kappa shape index (κ2) is 3.54. The smallest absolute Gasteiger partial charge is 0.167 e. The Hall–Kier alpha value is -1.15. The summed E-state index contributed by atoms with van der Waals surface area (Å²) in [6.45, 7) is 0. The van der Waals surface area contributed by atoms with Gasteiger partial charge in [0.1, 0.15) is 6.29 Å². The van der Waals surface area contributed by atoms with Gasteiger partial charge in [-0.25, -0.2) is 0 Å². The quantitative estimate of drug-likeness (QED) is 0.699. The van der Waals surface area contributed by atoms with Crippen LogP contribution in [0.2, 0.25) is 5.02 Å². The molecule has 0 heterocycles. The summed E-state index contributed by atoms with van der Waals surface area (Å²) < 4.78 is 0. The van der Waals surface area contributed by atoms with Gasteiger partial charge in [0.2, 0.25) is 0 Å². The molecular weight excluding hydrogens is 200 g/mol. The second-order valence-corrected chi connectivity index (χ2v) is 3.91. The number of carbonyl (C=O) groups excluding carboxylic acids is 2. The van der Waals surface area contributed by atoms with Gasteiger partial charge in [0.05, 0.1) is 0 Å². The van der Waals surface area contributed by atoms with Gasteiger partial charge < -0.3 is 4.79 Å². The predicted octanol–water partition coefficient (Wildman–Crippen LogP) is 2.28. The van der Waals surface area contributed by atoms with Crippen molar-refractivity contribution in [3.05, 3.63) is 34.3 Å². The van der Waals surface area contributed by atoms with Crippen LogP contribution >= 0.6 is 11.6 Å². The molecule has 1 aromatic carbocycles. The molecule has 1 aromatic rings. The van der Waals surface area contributed by atoms with Gasteiger partial charge in [-0.15, -0.1) is 0 Å². The molecule has 3 heteroatoms. The normalized spacial score (nSPS) is 19.5. The van der Waals surface area contributed by atoms with Crippen molar-refractivity contribution in [3.63, 3.8) is 0 Å². The minimum atomic E-state index is -0.166. The van der Waals surface area contributed by atoms with Gasteiger partial charge in [-0.2, -0.15) is 0 Å². The maximum atomic E-state index is 11.7. The van der Waals surface area contributed by atoms with Crippen LogP contribution in [0.15, 0.2) is 18.2 Å². The summed E-state index contributed by atoms with van der Waals surface area (Å²) in [7, 11) is 0. The highest BCUT2D eigenvalue weighted by Crippen LogP contribution is 2.30. The highest BCUT2D eigenvalue weighted by molar-refractivity contribution is 6.31. The first kappa shape index (κ1) is 9.41. The van der Waals surface area contributed by atoms with Crippen molar-refractivity contribution in [2.75, 3.05) is 0 Å². The number of hydrogen-bond acceptors (Lipinski definition) is 2. The van der Waals surface area contributed by atoms with Crippen molar-refractivity contribution in [1.82, 2.24) is 0 Å². The molecule has 0 fully saturated rings. The fourth-order valence-electron chi connectivity index (χ4n) is 1.84. The molecule has 1 aliphatic carbocycles. The number of rotatable bonds is 2. The average Bonchev–Trinajstić information content (AvgIpc) is 2.46. The molecule has 2 rings (SSSR count). The largest absolute Gasteiger partial charge is 0.303 e. The molecule has 0 radical (unpaired) electrons. The third kappa shape index (κ3) is 1.46. The molecule has 0 unspecified atom stereocenters. The van der Waals surface area contributed by atoms with Gasteiger partial charge in [-0.1, -0.05) is 17.7 Å². The third-order valence-electron chi connectivity index (χ3n) is 2.56. The highest BCUT2D eigenvalue weighted by atomic mass is 35.5. The van der Waals surface area contributed by atoms with E-state index >= 15 is 0 Å². The molecule has 0 saturated carbocycles. The van der Waals surface area contributed by atoms with Crippen molar-refractivity contribution >= 4 is 23.7 Å². The van der Waals surface area contributed by atoms with E-state index in [1.54, 1.807) is 12.1 Å². The van der Waals surface area contributed by atoms with Crippen LogP contribution < -0.4 is 0 Å². The van der Waals surface area contributed by atoms with Crippen LogP contribution in [0.4, 0.5) is 0 Å². The van der Waals surface area contributed by atoms with Gasteiger partial charge in [0, 0.05) is 22.9 Å². The molecule has 0 aromatic heterocycles. The number of ketones is 1. The lowest BCUT2D eigenvalue weighted by molar-refractivity contribution is -0.108. The number of Topliss-reactive ketones (excluding diaryl/α,β-unsaturated/α-hetero) is 1. The Kier molecular flexibility index (Phi) is 2.38. The second-order valence-electron chi connectivity index (χ2n) is 3.47. The van der Waals surface area contributed by atoms with Crippen LogP contribution in [-0.2, 0) is 11.2 Å². The molecule has 0 amide bonds. The van der Waals surface area contributed by atoms with Crippen LogP contribution in [-0.4, -0.2) is 12.1 Å². The lowest BCUT2D eigenvalue weighted by Gasteiger charge is -1.99. The molecule has 0 N–H and O–H groups in total. The van der Waals surface area contributed by atoms with Crippen LogP contribution in [0.25, 0.3) is 0 Å². The number of fused-ring (bicyclic) bond motifs is 1. The molecule has 2 nitrogen and oxygen atoms in total. The lowest BCUT2D eigenvalue weighted by atomic mass is 10.0. The molecule has 1 atom stereocenters. The summed E-state index contributed by atoms with van der Waals surface area (Å²) in [4.78, 5) is 22.1. The Morgan fingerprint density at radius 1 is 1.50 bits per heavy atom. The standard InChI is InChI=1S/C11H9ClO2/c12-9-2-1-7-5-8(3-4-13)11(14)10(7)6-9/h1-2,4,6,8H,3,5H2/t8-/m1/s1. The fourth-order valence-corrected chi connectivity index (χ4v) is 2.01. The maximum Gasteiger partial charge on any atom is 0.167 e. The number of hydrogen-bond donors (Lipinski definition) is 0. The van der Waals surface area contributed by atoms with Crippen molar-refractivity contribution in [1.29, 1.82) is 0 Å². The van der Waals surface area contributed by atoms with Gasteiger partial charge in [-0.3, -0.25) is 4.79 Å². The summed E-state index contributed by atoms with van der Waals surface area (Å²) in [5.74, 6) is -0.115. The van der Waals surface area contributed by atoms with Crippen molar-refractivity contribution in [2.45, 2.75) is 12.8 Å². The Balaban J connectivity index is 2.36. The van der Waals surface area contributed by atoms with E-state index in [0.29, 0.717) is 23.4 Å². The van der Waals surface area contributed by atoms with E-state index in [1.165, 1.54) is 0 Å². The number of aldehydes is 1. The fraction of sp³-hybridized carbons (Fsp3) is 0.273. The SMILES string of the molecule is O=CC[C@@H]1Cc2ccc(Cl)cc2C1=O. The topological polar surface area (TPSA) is 34.1 Å². The first-order chi connectivity index (χ1) is 6.72. The zero-order chi connectivity index (χ0) is 10.1. The summed E-state index contributed by atoms with van der Waals surface area (Å²) >= 11 is 5.79. The molecule has 0 aliphatic heterocycles. The van der Waals surface area contributed by atoms with E-state index in [9.17, 15) is 9.59 Å². The first-order valence-corrected chi connectivity index (χ1v) is 4.86. The van der Waals surface area contributed by atoms with Gasteiger partial charge in [0.25, 0.3) is 0 Å². The zero-order valence-corrected chi connectivity index (χ0v) is 8.25. The molecule has 0 spiro atoms. The Bertz CT molecular complexity index is 398. The highest BCUT2D eigenvalue weighted by Gasteiger charge is 2.29. The minimum Gasteiger partial charge on any atom is -0.303 e. The molecule has 0 saturated heterocycles. The summed E-state index contributed by atoms with van der Waals surface area (Å²) in [6, 6.07) is 5.32. The number of carbonyl (C=O) groups is 2. The predicted molar refractivity (Wildman–Crippen MR) is 53.7 cm³/mol. The molecule has 0 bridgehead atoms. The van der Waals surface area contributed by atoms with Crippen LogP contribution in [0.1, 0.15) is 22.3 Å². The van der Waals surface area contributed by atoms with Gasteiger partial charge >= 0.3 is 0 Å². The van der Waals surface area contributed by atoms with Crippen molar-refractivity contribution in [2.24, 2.45) is 5.92 Å². The monoisotopic (exact) mass is 208 g/mol. The lowest BCUT2D eigenvalue weighted by Crippen LogP contribution is -2.08. The molecule has 72 valence electrons. The van der Waals surface area contributed by atoms with Crippen LogP contribution in [0.3, 0.4) is 0 Å².